The van der Waals surface area contributed by atoms with Crippen LogP contribution in [0.2, 0.25) is 0 Å². The second kappa shape index (κ2) is 5.30. The molecule has 1 aromatic heterocycles. The summed E-state index contributed by atoms with van der Waals surface area (Å²) in [5, 5.41) is 8.79. The van der Waals surface area contributed by atoms with Gasteiger partial charge in [-0.3, -0.25) is 14.3 Å². The Kier molecular flexibility index (Phi) is 4.03. The van der Waals surface area contributed by atoms with Crippen LogP contribution in [0.15, 0.2) is 15.8 Å². The van der Waals surface area contributed by atoms with E-state index in [9.17, 15) is 19.2 Å². The number of H-pyrrole nitrogens is 1. The smallest absolute Gasteiger partial charge is 0.345 e. The van der Waals surface area contributed by atoms with Gasteiger partial charge in [0.05, 0.1) is 6.61 Å². The molecule has 1 aromatic rings. The van der Waals surface area contributed by atoms with E-state index in [0.717, 1.165) is 10.8 Å². The quantitative estimate of drug-likeness (QED) is 0.691. The van der Waals surface area contributed by atoms with Crippen molar-refractivity contribution < 1.29 is 19.4 Å². The van der Waals surface area contributed by atoms with Crippen LogP contribution in [0.3, 0.4) is 0 Å². The third kappa shape index (κ3) is 2.65. The molecule has 0 spiro atoms. The molecule has 0 aromatic carbocycles. The van der Waals surface area contributed by atoms with Crippen molar-refractivity contribution in [3.05, 3.63) is 32.6 Å². The van der Waals surface area contributed by atoms with Crippen LogP contribution in [0.1, 0.15) is 30.2 Å². The first kappa shape index (κ1) is 13.7. The lowest BCUT2D eigenvalue weighted by atomic mass is 10.3. The van der Waals surface area contributed by atoms with Gasteiger partial charge in [-0.05, 0) is 13.8 Å². The fourth-order valence-corrected chi connectivity index (χ4v) is 1.25. The number of rotatable bonds is 4. The second-order valence-corrected chi connectivity index (χ2v) is 3.44. The Morgan fingerprint density at radius 1 is 1.50 bits per heavy atom. The van der Waals surface area contributed by atoms with Gasteiger partial charge in [0.1, 0.15) is 11.6 Å². The average Bonchev–Trinajstić information content (AvgIpc) is 2.28. The van der Waals surface area contributed by atoms with Gasteiger partial charge in [0, 0.05) is 6.20 Å². The third-order valence-electron chi connectivity index (χ3n) is 2.24. The summed E-state index contributed by atoms with van der Waals surface area (Å²) in [7, 11) is 0. The number of aromatic nitrogens is 2. The third-order valence-corrected chi connectivity index (χ3v) is 2.24. The Morgan fingerprint density at radius 2 is 2.11 bits per heavy atom. The zero-order valence-electron chi connectivity index (χ0n) is 9.80. The molecule has 0 aliphatic heterocycles. The Morgan fingerprint density at radius 3 is 2.61 bits per heavy atom. The normalized spacial score (nSPS) is 11.9. The Balaban J connectivity index is 3.35. The van der Waals surface area contributed by atoms with Crippen LogP contribution in [-0.4, -0.2) is 33.2 Å². The van der Waals surface area contributed by atoms with E-state index in [1.807, 2.05) is 4.98 Å². The van der Waals surface area contributed by atoms with Crippen LogP contribution < -0.4 is 11.2 Å². The summed E-state index contributed by atoms with van der Waals surface area (Å²) in [6, 6.07) is -1.21. The van der Waals surface area contributed by atoms with E-state index < -0.39 is 34.8 Å². The minimum Gasteiger partial charge on any atom is -0.480 e. The van der Waals surface area contributed by atoms with Crippen LogP contribution >= 0.6 is 0 Å². The average molecular weight is 256 g/mol. The number of carboxylic acids is 1. The molecule has 0 radical (unpaired) electrons. The summed E-state index contributed by atoms with van der Waals surface area (Å²) in [6.07, 6.45) is 0.887. The van der Waals surface area contributed by atoms with Crippen molar-refractivity contribution in [1.82, 2.24) is 9.55 Å². The number of hydrogen-bond donors (Lipinski definition) is 2. The monoisotopic (exact) mass is 256 g/mol. The van der Waals surface area contributed by atoms with Crippen molar-refractivity contribution >= 4 is 11.9 Å². The summed E-state index contributed by atoms with van der Waals surface area (Å²) >= 11 is 0. The van der Waals surface area contributed by atoms with E-state index in [0.29, 0.717) is 0 Å². The van der Waals surface area contributed by atoms with Gasteiger partial charge in [-0.2, -0.15) is 0 Å². The molecule has 0 saturated carbocycles. The molecule has 18 heavy (non-hydrogen) atoms. The molecule has 8 nitrogen and oxygen atoms in total. The van der Waals surface area contributed by atoms with Gasteiger partial charge in [0.2, 0.25) is 0 Å². The maximum absolute atomic E-state index is 11.4. The maximum atomic E-state index is 11.4. The number of carbonyl (C=O) groups excluding carboxylic acids is 1. The van der Waals surface area contributed by atoms with Gasteiger partial charge in [-0.1, -0.05) is 0 Å². The fraction of sp³-hybridized carbons (Fsp3) is 0.400. The minimum absolute atomic E-state index is 0.0614. The van der Waals surface area contributed by atoms with Crippen molar-refractivity contribution in [3.8, 4) is 0 Å². The molecule has 0 aliphatic rings. The Bertz CT molecular complexity index is 585. The number of hydrogen-bond acceptors (Lipinski definition) is 5. The van der Waals surface area contributed by atoms with E-state index in [1.54, 1.807) is 6.92 Å². The summed E-state index contributed by atoms with van der Waals surface area (Å²) in [5.74, 6) is -2.18. The maximum Gasteiger partial charge on any atom is 0.345 e. The second-order valence-electron chi connectivity index (χ2n) is 3.44. The standard InChI is InChI=1S/C10H12N2O6/c1-3-18-9(16)6-4-12(5(2)8(14)15)10(17)11-7(6)13/h4-5H,3H2,1-2H3,(H,14,15)(H,11,13,17). The lowest BCUT2D eigenvalue weighted by Crippen LogP contribution is -2.37. The van der Waals surface area contributed by atoms with Crippen molar-refractivity contribution in [1.29, 1.82) is 0 Å². The van der Waals surface area contributed by atoms with E-state index in [2.05, 4.69) is 4.74 Å². The summed E-state index contributed by atoms with van der Waals surface area (Å²) in [4.78, 5) is 46.9. The first-order valence-corrected chi connectivity index (χ1v) is 5.13. The largest absolute Gasteiger partial charge is 0.480 e. The van der Waals surface area contributed by atoms with E-state index >= 15 is 0 Å². The van der Waals surface area contributed by atoms with Crippen LogP contribution in [0.5, 0.6) is 0 Å². The zero-order valence-corrected chi connectivity index (χ0v) is 9.80. The van der Waals surface area contributed by atoms with Crippen molar-refractivity contribution in [2.24, 2.45) is 0 Å². The van der Waals surface area contributed by atoms with E-state index in [-0.39, 0.29) is 6.61 Å². The van der Waals surface area contributed by atoms with E-state index in [1.165, 1.54) is 6.92 Å². The highest BCUT2D eigenvalue weighted by Gasteiger charge is 2.19. The highest BCUT2D eigenvalue weighted by Crippen LogP contribution is 2.02. The predicted molar refractivity (Wildman–Crippen MR) is 59.6 cm³/mol. The first-order chi connectivity index (χ1) is 8.38. The van der Waals surface area contributed by atoms with Crippen molar-refractivity contribution in [2.75, 3.05) is 6.61 Å². The van der Waals surface area contributed by atoms with Gasteiger partial charge < -0.3 is 9.84 Å². The number of aromatic amines is 1. The summed E-state index contributed by atoms with van der Waals surface area (Å²) in [6.45, 7) is 2.87. The van der Waals surface area contributed by atoms with Gasteiger partial charge >= 0.3 is 17.6 Å². The molecule has 0 saturated heterocycles. The highest BCUT2D eigenvalue weighted by atomic mass is 16.5. The van der Waals surface area contributed by atoms with Gasteiger partial charge in [0.25, 0.3) is 5.56 Å². The highest BCUT2D eigenvalue weighted by molar-refractivity contribution is 5.88. The topological polar surface area (TPSA) is 118 Å². The Labute approximate surface area is 101 Å². The van der Waals surface area contributed by atoms with Gasteiger partial charge in [0.15, 0.2) is 0 Å². The molecule has 1 atom stereocenters. The molecule has 2 N–H and O–H groups in total. The van der Waals surface area contributed by atoms with Crippen LogP contribution in [0.25, 0.3) is 0 Å². The SMILES string of the molecule is CCOC(=O)c1cn(C(C)C(=O)O)c(=O)[nH]c1=O. The molecule has 1 rings (SSSR count). The molecule has 0 amide bonds. The molecular formula is C10H12N2O6. The first-order valence-electron chi connectivity index (χ1n) is 5.13. The Hall–Kier alpha value is -2.38. The number of ether oxygens (including phenoxy) is 1. The number of nitrogens with one attached hydrogen (secondary N) is 1. The predicted octanol–water partition coefficient (Wildman–Crippen LogP) is -0.641. The molecule has 0 fully saturated rings. The van der Waals surface area contributed by atoms with Gasteiger partial charge in [-0.15, -0.1) is 0 Å². The zero-order chi connectivity index (χ0) is 13.9. The van der Waals surface area contributed by atoms with E-state index in [4.69, 9.17) is 5.11 Å². The van der Waals surface area contributed by atoms with Crippen molar-refractivity contribution in [3.63, 3.8) is 0 Å². The summed E-state index contributed by atoms with van der Waals surface area (Å²) in [5.41, 5.74) is -2.22. The van der Waals surface area contributed by atoms with Crippen LogP contribution in [0.4, 0.5) is 0 Å². The molecule has 0 bridgehead atoms. The lowest BCUT2D eigenvalue weighted by molar-refractivity contribution is -0.140. The molecule has 0 aliphatic carbocycles. The molecule has 8 heteroatoms. The molecular weight excluding hydrogens is 244 g/mol. The van der Waals surface area contributed by atoms with Gasteiger partial charge in [-0.25, -0.2) is 14.4 Å². The molecule has 1 unspecified atom stereocenters. The van der Waals surface area contributed by atoms with Crippen LogP contribution in [-0.2, 0) is 9.53 Å². The lowest BCUT2D eigenvalue weighted by Gasteiger charge is -2.10. The fourth-order valence-electron chi connectivity index (χ4n) is 1.25. The summed E-state index contributed by atoms with van der Waals surface area (Å²) < 4.78 is 5.37. The molecule has 98 valence electrons. The minimum atomic E-state index is -1.26. The number of nitrogens with zero attached hydrogens (tertiary/aromatic N) is 1. The molecule has 1 heterocycles. The number of carbonyl (C=O) groups is 2. The number of esters is 1. The van der Waals surface area contributed by atoms with Crippen molar-refractivity contribution in [2.45, 2.75) is 19.9 Å². The number of carboxylic acid groups (broad SMARTS) is 1. The van der Waals surface area contributed by atoms with Crippen LogP contribution in [0, 0.1) is 0 Å². The number of aliphatic carboxylic acids is 1.